The van der Waals surface area contributed by atoms with Gasteiger partial charge in [-0.1, -0.05) is 0 Å². The normalized spacial score (nSPS) is 20.0. The van der Waals surface area contributed by atoms with E-state index < -0.39 is 0 Å². The monoisotopic (exact) mass is 284 g/mol. The number of nitrogens with one attached hydrogen (secondary N) is 2. The topological polar surface area (TPSA) is 83.1 Å². The Morgan fingerprint density at radius 1 is 0.750 bits per heavy atom. The Morgan fingerprint density at radius 3 is 1.45 bits per heavy atom. The number of ether oxygens (including phenoxy) is 2. The Balaban J connectivity index is 1.65. The van der Waals surface area contributed by atoms with Gasteiger partial charge in [0, 0.05) is 38.6 Å². The summed E-state index contributed by atoms with van der Waals surface area (Å²) < 4.78 is 10.3. The van der Waals surface area contributed by atoms with Gasteiger partial charge in [-0.15, -0.1) is 0 Å². The summed E-state index contributed by atoms with van der Waals surface area (Å²) >= 11 is 0. The molecule has 2 heterocycles. The van der Waals surface area contributed by atoms with Gasteiger partial charge in [-0.3, -0.25) is 0 Å². The summed E-state index contributed by atoms with van der Waals surface area (Å²) in [4.78, 5) is 26.8. The van der Waals surface area contributed by atoms with Crippen molar-refractivity contribution in [2.45, 2.75) is 0 Å². The Morgan fingerprint density at radius 2 is 1.10 bits per heavy atom. The van der Waals surface area contributed by atoms with Crippen molar-refractivity contribution in [2.24, 2.45) is 0 Å². The highest BCUT2D eigenvalue weighted by Gasteiger charge is 2.16. The maximum Gasteiger partial charge on any atom is 0.321 e. The van der Waals surface area contributed by atoms with E-state index in [4.69, 9.17) is 9.47 Å². The van der Waals surface area contributed by atoms with Crippen molar-refractivity contribution in [1.82, 2.24) is 20.4 Å². The fourth-order valence-electron chi connectivity index (χ4n) is 1.94. The summed E-state index contributed by atoms with van der Waals surface area (Å²) in [6.45, 7) is 4.57. The van der Waals surface area contributed by atoms with Gasteiger partial charge < -0.3 is 29.9 Å². The standard InChI is InChI=1S/C12H20N4O4/c17-11(15-3-7-19-8-4-15)13-1-2-14-12(18)16-5-9-20-10-6-16/h1-2H,3-10H2,(H,13,17)(H,14,18)/b2-1+. The van der Waals surface area contributed by atoms with Crippen LogP contribution in [0.3, 0.4) is 0 Å². The minimum absolute atomic E-state index is 0.190. The third-order valence-electron chi connectivity index (χ3n) is 3.09. The number of urea groups is 2. The predicted octanol–water partition coefficient (Wildman–Crippen LogP) is -0.459. The van der Waals surface area contributed by atoms with E-state index in [2.05, 4.69) is 10.6 Å². The van der Waals surface area contributed by atoms with Gasteiger partial charge in [0.25, 0.3) is 0 Å². The third-order valence-corrected chi connectivity index (χ3v) is 3.09. The SMILES string of the molecule is O=C(N/C=C/NC(=O)N1CCOCC1)N1CCOCC1. The van der Waals surface area contributed by atoms with Gasteiger partial charge >= 0.3 is 12.1 Å². The smallest absolute Gasteiger partial charge is 0.321 e. The number of hydrogen-bond acceptors (Lipinski definition) is 4. The van der Waals surface area contributed by atoms with Crippen molar-refractivity contribution in [2.75, 3.05) is 52.6 Å². The lowest BCUT2D eigenvalue weighted by atomic mass is 10.4. The molecule has 2 rings (SSSR count). The van der Waals surface area contributed by atoms with E-state index in [9.17, 15) is 9.59 Å². The maximum absolute atomic E-state index is 11.7. The molecule has 4 amide bonds. The lowest BCUT2D eigenvalue weighted by molar-refractivity contribution is 0.0537. The molecule has 2 N–H and O–H groups in total. The number of rotatable bonds is 2. The van der Waals surface area contributed by atoms with Crippen LogP contribution >= 0.6 is 0 Å². The Labute approximate surface area is 117 Å². The van der Waals surface area contributed by atoms with Crippen molar-refractivity contribution in [3.8, 4) is 0 Å². The van der Waals surface area contributed by atoms with Crippen molar-refractivity contribution < 1.29 is 19.1 Å². The Kier molecular flexibility index (Phi) is 5.63. The first-order valence-electron chi connectivity index (χ1n) is 6.69. The van der Waals surface area contributed by atoms with Crippen molar-refractivity contribution in [3.05, 3.63) is 12.4 Å². The molecule has 2 saturated heterocycles. The molecule has 0 unspecified atom stereocenters. The summed E-state index contributed by atoms with van der Waals surface area (Å²) in [6.07, 6.45) is 2.85. The zero-order valence-corrected chi connectivity index (χ0v) is 11.3. The summed E-state index contributed by atoms with van der Waals surface area (Å²) in [6, 6.07) is -0.379. The average Bonchev–Trinajstić information content (AvgIpc) is 2.53. The molecule has 0 aromatic rings. The van der Waals surface area contributed by atoms with Gasteiger partial charge in [0.05, 0.1) is 26.4 Å². The quantitative estimate of drug-likeness (QED) is 0.719. The number of morpholine rings is 2. The fourth-order valence-corrected chi connectivity index (χ4v) is 1.94. The third kappa shape index (κ3) is 4.39. The van der Waals surface area contributed by atoms with Crippen molar-refractivity contribution >= 4 is 12.1 Å². The lowest BCUT2D eigenvalue weighted by Gasteiger charge is -2.26. The highest BCUT2D eigenvalue weighted by molar-refractivity contribution is 5.76. The van der Waals surface area contributed by atoms with Gasteiger partial charge in [0.1, 0.15) is 0 Å². The van der Waals surface area contributed by atoms with E-state index in [0.717, 1.165) is 0 Å². The van der Waals surface area contributed by atoms with Gasteiger partial charge in [0.15, 0.2) is 0 Å². The molecular formula is C12H20N4O4. The molecule has 0 aliphatic carbocycles. The number of carbonyl (C=O) groups is 2. The van der Waals surface area contributed by atoms with Gasteiger partial charge in [-0.25, -0.2) is 9.59 Å². The van der Waals surface area contributed by atoms with E-state index in [0.29, 0.717) is 52.6 Å². The van der Waals surface area contributed by atoms with Crippen LogP contribution in [0.15, 0.2) is 12.4 Å². The van der Waals surface area contributed by atoms with Crippen LogP contribution < -0.4 is 10.6 Å². The lowest BCUT2D eigenvalue weighted by Crippen LogP contribution is -2.45. The number of carbonyl (C=O) groups excluding carboxylic acids is 2. The van der Waals surface area contributed by atoms with Crippen LogP contribution in [-0.4, -0.2) is 74.5 Å². The largest absolute Gasteiger partial charge is 0.378 e. The summed E-state index contributed by atoms with van der Waals surface area (Å²) in [7, 11) is 0. The van der Waals surface area contributed by atoms with Crippen molar-refractivity contribution in [3.63, 3.8) is 0 Å². The van der Waals surface area contributed by atoms with E-state index in [-0.39, 0.29) is 12.1 Å². The van der Waals surface area contributed by atoms with Crippen LogP contribution in [0.4, 0.5) is 9.59 Å². The van der Waals surface area contributed by atoms with Crippen LogP contribution in [0, 0.1) is 0 Å². The van der Waals surface area contributed by atoms with Crippen LogP contribution in [0.2, 0.25) is 0 Å². The van der Waals surface area contributed by atoms with Crippen LogP contribution in [0.5, 0.6) is 0 Å². The van der Waals surface area contributed by atoms with E-state index in [1.54, 1.807) is 9.80 Å². The highest BCUT2D eigenvalue weighted by Crippen LogP contribution is 1.97. The van der Waals surface area contributed by atoms with Crippen LogP contribution in [0.1, 0.15) is 0 Å². The maximum atomic E-state index is 11.7. The van der Waals surface area contributed by atoms with Gasteiger partial charge in [0.2, 0.25) is 0 Å². The van der Waals surface area contributed by atoms with E-state index in [1.807, 2.05) is 0 Å². The first-order valence-corrected chi connectivity index (χ1v) is 6.69. The minimum atomic E-state index is -0.190. The second kappa shape index (κ2) is 7.71. The van der Waals surface area contributed by atoms with Crippen LogP contribution in [-0.2, 0) is 9.47 Å². The molecule has 2 aliphatic rings. The van der Waals surface area contributed by atoms with E-state index in [1.165, 1.54) is 12.4 Å². The Hall–Kier alpha value is -1.80. The predicted molar refractivity (Wildman–Crippen MR) is 71.0 cm³/mol. The van der Waals surface area contributed by atoms with E-state index >= 15 is 0 Å². The number of hydrogen-bond donors (Lipinski definition) is 2. The highest BCUT2D eigenvalue weighted by atomic mass is 16.5. The molecule has 0 spiro atoms. The molecule has 0 saturated carbocycles. The average molecular weight is 284 g/mol. The molecule has 2 fully saturated rings. The number of nitrogens with zero attached hydrogens (tertiary/aromatic N) is 2. The molecule has 2 aliphatic heterocycles. The first-order chi connectivity index (χ1) is 9.77. The molecule has 0 aromatic carbocycles. The summed E-state index contributed by atoms with van der Waals surface area (Å²) in [5.74, 6) is 0. The molecule has 20 heavy (non-hydrogen) atoms. The zero-order valence-electron chi connectivity index (χ0n) is 11.3. The molecule has 0 radical (unpaired) electrons. The zero-order chi connectivity index (χ0) is 14.2. The Bertz CT molecular complexity index is 328. The van der Waals surface area contributed by atoms with Gasteiger partial charge in [-0.2, -0.15) is 0 Å². The first kappa shape index (κ1) is 14.6. The summed E-state index contributed by atoms with van der Waals surface area (Å²) in [5.41, 5.74) is 0. The molecule has 8 nitrogen and oxygen atoms in total. The molecule has 0 atom stereocenters. The fraction of sp³-hybridized carbons (Fsp3) is 0.667. The van der Waals surface area contributed by atoms with Crippen LogP contribution in [0.25, 0.3) is 0 Å². The molecular weight excluding hydrogens is 264 g/mol. The molecule has 8 heteroatoms. The summed E-state index contributed by atoms with van der Waals surface area (Å²) in [5, 5.41) is 5.21. The molecule has 112 valence electrons. The molecule has 0 aromatic heterocycles. The molecule has 0 bridgehead atoms. The van der Waals surface area contributed by atoms with Crippen molar-refractivity contribution in [1.29, 1.82) is 0 Å². The number of amides is 4. The minimum Gasteiger partial charge on any atom is -0.378 e. The van der Waals surface area contributed by atoms with Gasteiger partial charge in [-0.05, 0) is 0 Å². The second-order valence-corrected chi connectivity index (χ2v) is 4.43. The second-order valence-electron chi connectivity index (χ2n) is 4.43.